The van der Waals surface area contributed by atoms with Gasteiger partial charge in [-0.05, 0) is 49.2 Å². The lowest BCUT2D eigenvalue weighted by Crippen LogP contribution is -2.40. The van der Waals surface area contributed by atoms with Gasteiger partial charge in [-0.1, -0.05) is 6.92 Å². The van der Waals surface area contributed by atoms with E-state index in [0.717, 1.165) is 29.4 Å². The normalized spacial score (nSPS) is 20.9. The molecule has 1 N–H and O–H groups in total. The van der Waals surface area contributed by atoms with Gasteiger partial charge < -0.3 is 10.2 Å². The van der Waals surface area contributed by atoms with Crippen LogP contribution in [0.1, 0.15) is 35.0 Å². The molecule has 2 rings (SSSR count). The second-order valence-corrected chi connectivity index (χ2v) is 6.15. The monoisotopic (exact) mass is 266 g/mol. The summed E-state index contributed by atoms with van der Waals surface area (Å²) in [5.41, 5.74) is 1.07. The molecule has 18 heavy (non-hydrogen) atoms. The van der Waals surface area contributed by atoms with E-state index in [1.165, 1.54) is 37.3 Å². The molecule has 0 unspecified atom stereocenters. The number of nitrogens with one attached hydrogen (secondary N) is 1. The molecule has 1 saturated heterocycles. The third-order valence-corrected chi connectivity index (χ3v) is 4.54. The molecule has 0 spiro atoms. The number of nitrogens with zero attached hydrogens (tertiary/aromatic N) is 1. The molecule has 0 aromatic carbocycles. The van der Waals surface area contributed by atoms with Crippen LogP contribution >= 0.6 is 11.3 Å². The van der Waals surface area contributed by atoms with Crippen LogP contribution < -0.4 is 5.32 Å². The average Bonchev–Trinajstić information content (AvgIpc) is 2.75. The number of amides is 1. The standard InChI is InChI=1S/C14H22N2OS/c1-11-4-3-7-16(10-11)8-6-15-14(17)13-12(2)5-9-18-13/h5,9,11H,3-4,6-8,10H2,1-2H3,(H,15,17)/t11-/m0/s1. The van der Waals surface area contributed by atoms with Crippen LogP contribution in [0.4, 0.5) is 0 Å². The Balaban J connectivity index is 1.72. The van der Waals surface area contributed by atoms with Gasteiger partial charge in [-0.25, -0.2) is 0 Å². The van der Waals surface area contributed by atoms with Crippen LogP contribution in [0.15, 0.2) is 11.4 Å². The first-order valence-corrected chi connectivity index (χ1v) is 7.59. The third-order valence-electron chi connectivity index (χ3n) is 3.52. The van der Waals surface area contributed by atoms with Gasteiger partial charge in [0.15, 0.2) is 0 Å². The number of piperidine rings is 1. The summed E-state index contributed by atoms with van der Waals surface area (Å²) in [4.78, 5) is 15.2. The van der Waals surface area contributed by atoms with Crippen molar-refractivity contribution < 1.29 is 4.79 Å². The predicted molar refractivity (Wildman–Crippen MR) is 76.2 cm³/mol. The minimum atomic E-state index is 0.0764. The molecule has 2 heterocycles. The van der Waals surface area contributed by atoms with E-state index in [1.54, 1.807) is 0 Å². The van der Waals surface area contributed by atoms with E-state index in [-0.39, 0.29) is 5.91 Å². The molecule has 1 aliphatic rings. The van der Waals surface area contributed by atoms with Crippen LogP contribution in [-0.2, 0) is 0 Å². The Morgan fingerprint density at radius 3 is 3.11 bits per heavy atom. The van der Waals surface area contributed by atoms with Crippen LogP contribution in [0, 0.1) is 12.8 Å². The summed E-state index contributed by atoms with van der Waals surface area (Å²) in [6.45, 7) is 8.37. The van der Waals surface area contributed by atoms with Gasteiger partial charge in [0.05, 0.1) is 4.88 Å². The van der Waals surface area contributed by atoms with E-state index in [9.17, 15) is 4.79 Å². The van der Waals surface area contributed by atoms with Gasteiger partial charge in [-0.2, -0.15) is 0 Å². The Morgan fingerprint density at radius 2 is 2.44 bits per heavy atom. The number of aryl methyl sites for hydroxylation is 1. The molecule has 1 aromatic rings. The fourth-order valence-electron chi connectivity index (χ4n) is 2.50. The molecule has 0 bridgehead atoms. The first kappa shape index (κ1) is 13.6. The van der Waals surface area contributed by atoms with E-state index < -0.39 is 0 Å². The molecular formula is C14H22N2OS. The minimum Gasteiger partial charge on any atom is -0.350 e. The second-order valence-electron chi connectivity index (χ2n) is 5.24. The summed E-state index contributed by atoms with van der Waals surface area (Å²) in [5, 5.41) is 4.99. The highest BCUT2D eigenvalue weighted by Crippen LogP contribution is 2.16. The molecule has 100 valence electrons. The quantitative estimate of drug-likeness (QED) is 0.908. The van der Waals surface area contributed by atoms with Gasteiger partial charge in [0, 0.05) is 19.6 Å². The van der Waals surface area contributed by atoms with Crippen LogP contribution in [-0.4, -0.2) is 37.0 Å². The zero-order valence-electron chi connectivity index (χ0n) is 11.2. The van der Waals surface area contributed by atoms with E-state index in [1.807, 2.05) is 18.4 Å². The van der Waals surface area contributed by atoms with Gasteiger partial charge in [-0.15, -0.1) is 11.3 Å². The van der Waals surface area contributed by atoms with Crippen molar-refractivity contribution in [1.29, 1.82) is 0 Å². The lowest BCUT2D eigenvalue weighted by molar-refractivity contribution is 0.0947. The number of likely N-dealkylation sites (tertiary alicyclic amines) is 1. The topological polar surface area (TPSA) is 32.3 Å². The Morgan fingerprint density at radius 1 is 1.61 bits per heavy atom. The number of hydrogen-bond acceptors (Lipinski definition) is 3. The van der Waals surface area contributed by atoms with Crippen molar-refractivity contribution in [2.75, 3.05) is 26.2 Å². The lowest BCUT2D eigenvalue weighted by Gasteiger charge is -2.30. The van der Waals surface area contributed by atoms with E-state index >= 15 is 0 Å². The molecule has 0 radical (unpaired) electrons. The highest BCUT2D eigenvalue weighted by atomic mass is 32.1. The summed E-state index contributed by atoms with van der Waals surface area (Å²) >= 11 is 1.52. The minimum absolute atomic E-state index is 0.0764. The van der Waals surface area contributed by atoms with Gasteiger partial charge in [-0.3, -0.25) is 4.79 Å². The summed E-state index contributed by atoms with van der Waals surface area (Å²) in [6.07, 6.45) is 2.64. The average molecular weight is 266 g/mol. The molecular weight excluding hydrogens is 244 g/mol. The maximum absolute atomic E-state index is 11.9. The SMILES string of the molecule is Cc1ccsc1C(=O)NCCN1CCC[C@H](C)C1. The smallest absolute Gasteiger partial charge is 0.261 e. The molecule has 3 nitrogen and oxygen atoms in total. The van der Waals surface area contributed by atoms with Gasteiger partial charge >= 0.3 is 0 Å². The van der Waals surface area contributed by atoms with Crippen LogP contribution in [0.3, 0.4) is 0 Å². The van der Waals surface area contributed by atoms with Crippen molar-refractivity contribution in [3.63, 3.8) is 0 Å². The summed E-state index contributed by atoms with van der Waals surface area (Å²) < 4.78 is 0. The zero-order chi connectivity index (χ0) is 13.0. The van der Waals surface area contributed by atoms with Gasteiger partial charge in [0.25, 0.3) is 5.91 Å². The number of thiophene rings is 1. The molecule has 0 saturated carbocycles. The van der Waals surface area contributed by atoms with Crippen molar-refractivity contribution in [2.24, 2.45) is 5.92 Å². The lowest BCUT2D eigenvalue weighted by atomic mass is 10.0. The molecule has 1 fully saturated rings. The van der Waals surface area contributed by atoms with Crippen molar-refractivity contribution in [2.45, 2.75) is 26.7 Å². The first-order valence-electron chi connectivity index (χ1n) is 6.71. The number of rotatable bonds is 4. The highest BCUT2D eigenvalue weighted by molar-refractivity contribution is 7.12. The Labute approximate surface area is 113 Å². The third kappa shape index (κ3) is 3.56. The number of hydrogen-bond donors (Lipinski definition) is 1. The van der Waals surface area contributed by atoms with Crippen molar-refractivity contribution in [3.8, 4) is 0 Å². The Kier molecular flexibility index (Phi) is 4.78. The molecule has 0 aliphatic carbocycles. The van der Waals surface area contributed by atoms with Crippen molar-refractivity contribution in [3.05, 3.63) is 21.9 Å². The van der Waals surface area contributed by atoms with Crippen molar-refractivity contribution >= 4 is 17.2 Å². The summed E-state index contributed by atoms with van der Waals surface area (Å²) in [5.74, 6) is 0.876. The van der Waals surface area contributed by atoms with Crippen molar-refractivity contribution in [1.82, 2.24) is 10.2 Å². The second kappa shape index (κ2) is 6.34. The maximum atomic E-state index is 11.9. The summed E-state index contributed by atoms with van der Waals surface area (Å²) in [6, 6.07) is 1.99. The highest BCUT2D eigenvalue weighted by Gasteiger charge is 2.16. The van der Waals surface area contributed by atoms with E-state index in [0.29, 0.717) is 0 Å². The molecule has 1 aliphatic heterocycles. The van der Waals surface area contributed by atoms with E-state index in [2.05, 4.69) is 17.1 Å². The molecule has 1 amide bonds. The molecule has 1 aromatic heterocycles. The summed E-state index contributed by atoms with van der Waals surface area (Å²) in [7, 11) is 0. The van der Waals surface area contributed by atoms with Crippen LogP contribution in [0.5, 0.6) is 0 Å². The predicted octanol–water partition coefficient (Wildman–Crippen LogP) is 2.52. The Bertz CT molecular complexity index is 402. The van der Waals surface area contributed by atoms with E-state index in [4.69, 9.17) is 0 Å². The maximum Gasteiger partial charge on any atom is 0.261 e. The fraction of sp³-hybridized carbons (Fsp3) is 0.643. The fourth-order valence-corrected chi connectivity index (χ4v) is 3.34. The zero-order valence-corrected chi connectivity index (χ0v) is 12.1. The Hall–Kier alpha value is -0.870. The van der Waals surface area contributed by atoms with Crippen LogP contribution in [0.2, 0.25) is 0 Å². The van der Waals surface area contributed by atoms with Crippen LogP contribution in [0.25, 0.3) is 0 Å². The van der Waals surface area contributed by atoms with Gasteiger partial charge in [0.1, 0.15) is 0 Å². The first-order chi connectivity index (χ1) is 8.66. The van der Waals surface area contributed by atoms with Gasteiger partial charge in [0.2, 0.25) is 0 Å². The largest absolute Gasteiger partial charge is 0.350 e. The number of carbonyl (C=O) groups excluding carboxylic acids is 1. The molecule has 4 heteroatoms. The molecule has 1 atom stereocenters. The number of carbonyl (C=O) groups is 1.